The van der Waals surface area contributed by atoms with Crippen LogP contribution in [0.4, 0.5) is 0 Å². The number of hydrogen-bond acceptors (Lipinski definition) is 6. The van der Waals surface area contributed by atoms with E-state index in [0.717, 1.165) is 40.8 Å². The molecule has 4 rings (SSSR count). The zero-order chi connectivity index (χ0) is 21.6. The molecular weight excluding hydrogens is 396 g/mol. The molecule has 7 nitrogen and oxygen atoms in total. The molecule has 0 radical (unpaired) electrons. The van der Waals surface area contributed by atoms with Crippen LogP contribution in [0.3, 0.4) is 0 Å². The number of furan rings is 1. The lowest BCUT2D eigenvalue weighted by Crippen LogP contribution is -2.31. The fraction of sp³-hybridized carbons (Fsp3) is 0.292. The molecule has 0 bridgehead atoms. The van der Waals surface area contributed by atoms with Gasteiger partial charge in [0.05, 0.1) is 29.6 Å². The minimum atomic E-state index is -0.518. The van der Waals surface area contributed by atoms with E-state index in [1.165, 1.54) is 0 Å². The number of nitrogens with zero attached hydrogens (tertiary/aromatic N) is 1. The number of hydrogen-bond donors (Lipinski definition) is 1. The summed E-state index contributed by atoms with van der Waals surface area (Å²) in [4.78, 5) is 29.9. The highest BCUT2D eigenvalue weighted by Crippen LogP contribution is 2.36. The van der Waals surface area contributed by atoms with E-state index in [4.69, 9.17) is 18.9 Å². The molecule has 1 aliphatic carbocycles. The second-order valence-corrected chi connectivity index (χ2v) is 7.29. The monoisotopic (exact) mass is 420 g/mol. The Morgan fingerprint density at radius 3 is 2.87 bits per heavy atom. The lowest BCUT2D eigenvalue weighted by molar-refractivity contribution is -0.124. The van der Waals surface area contributed by atoms with Crippen molar-refractivity contribution in [2.75, 3.05) is 26.9 Å². The third kappa shape index (κ3) is 4.67. The van der Waals surface area contributed by atoms with Gasteiger partial charge in [0, 0.05) is 19.0 Å². The van der Waals surface area contributed by atoms with Crippen LogP contribution in [0, 0.1) is 0 Å². The summed E-state index contributed by atoms with van der Waals surface area (Å²) in [6.45, 7) is 0.414. The van der Waals surface area contributed by atoms with Gasteiger partial charge in [-0.25, -0.2) is 9.78 Å². The molecule has 2 aromatic heterocycles. The molecule has 0 spiro atoms. The van der Waals surface area contributed by atoms with Crippen molar-refractivity contribution in [3.05, 3.63) is 65.2 Å². The van der Waals surface area contributed by atoms with E-state index in [1.54, 1.807) is 13.4 Å². The van der Waals surface area contributed by atoms with Gasteiger partial charge in [0.25, 0.3) is 5.91 Å². The first-order valence-corrected chi connectivity index (χ1v) is 10.3. The van der Waals surface area contributed by atoms with Crippen molar-refractivity contribution in [2.24, 2.45) is 0 Å². The maximum Gasteiger partial charge on any atom is 0.339 e. The van der Waals surface area contributed by atoms with Crippen LogP contribution in [0.25, 0.3) is 22.6 Å². The summed E-state index contributed by atoms with van der Waals surface area (Å²) in [6, 6.07) is 11.2. The average Bonchev–Trinajstić information content (AvgIpc) is 3.29. The van der Waals surface area contributed by atoms with Crippen LogP contribution in [-0.2, 0) is 20.7 Å². The molecule has 3 aromatic rings. The summed E-state index contributed by atoms with van der Waals surface area (Å²) < 4.78 is 15.8. The second-order valence-electron chi connectivity index (χ2n) is 7.29. The number of carbonyl (C=O) groups is 2. The van der Waals surface area contributed by atoms with Crippen molar-refractivity contribution < 1.29 is 23.5 Å². The van der Waals surface area contributed by atoms with Crippen molar-refractivity contribution in [3.63, 3.8) is 0 Å². The second kappa shape index (κ2) is 9.57. The molecular formula is C24H24N2O5. The van der Waals surface area contributed by atoms with Gasteiger partial charge < -0.3 is 19.2 Å². The number of nitrogens with one attached hydrogen (secondary N) is 1. The summed E-state index contributed by atoms with van der Waals surface area (Å²) in [6.07, 6.45) is 6.04. The number of aromatic nitrogens is 1. The Bertz CT molecular complexity index is 1120. The first-order chi connectivity index (χ1) is 15.2. The van der Waals surface area contributed by atoms with Crippen molar-refractivity contribution in [3.8, 4) is 0 Å². The zero-order valence-corrected chi connectivity index (χ0v) is 17.3. The highest BCUT2D eigenvalue weighted by Gasteiger charge is 2.26. The van der Waals surface area contributed by atoms with Crippen LogP contribution >= 0.6 is 0 Å². The van der Waals surface area contributed by atoms with E-state index < -0.39 is 5.97 Å². The summed E-state index contributed by atoms with van der Waals surface area (Å²) in [5.74, 6) is -0.137. The minimum absolute atomic E-state index is 0.344. The van der Waals surface area contributed by atoms with Gasteiger partial charge in [0.15, 0.2) is 6.61 Å². The fourth-order valence-corrected chi connectivity index (χ4v) is 3.80. The molecule has 0 fully saturated rings. The Kier molecular flexibility index (Phi) is 6.43. The molecule has 1 aliphatic rings. The van der Waals surface area contributed by atoms with Gasteiger partial charge in [-0.15, -0.1) is 0 Å². The van der Waals surface area contributed by atoms with E-state index in [2.05, 4.69) is 5.32 Å². The van der Waals surface area contributed by atoms with E-state index in [0.29, 0.717) is 30.7 Å². The molecule has 1 N–H and O–H groups in total. The van der Waals surface area contributed by atoms with Crippen molar-refractivity contribution >= 4 is 34.4 Å². The number of methoxy groups -OCH3 is 1. The van der Waals surface area contributed by atoms with Gasteiger partial charge in [0.2, 0.25) is 0 Å². The molecule has 1 aromatic carbocycles. The molecule has 0 aliphatic heterocycles. The number of para-hydroxylation sites is 1. The van der Waals surface area contributed by atoms with Crippen LogP contribution in [0.2, 0.25) is 0 Å². The lowest BCUT2D eigenvalue weighted by atomic mass is 9.86. The number of fused-ring (bicyclic) bond motifs is 2. The summed E-state index contributed by atoms with van der Waals surface area (Å²) >= 11 is 0. The molecule has 0 unspecified atom stereocenters. The molecule has 0 saturated heterocycles. The molecule has 1 amide bonds. The van der Waals surface area contributed by atoms with Gasteiger partial charge in [-0.2, -0.15) is 0 Å². The number of carbonyl (C=O) groups excluding carboxylic acids is 2. The van der Waals surface area contributed by atoms with Crippen molar-refractivity contribution in [1.82, 2.24) is 10.3 Å². The van der Waals surface area contributed by atoms with E-state index in [9.17, 15) is 9.59 Å². The number of allylic oxidation sites excluding steroid dienone is 1. The van der Waals surface area contributed by atoms with Crippen LogP contribution in [0.15, 0.2) is 47.1 Å². The number of ether oxygens (including phenoxy) is 2. The average molecular weight is 420 g/mol. The van der Waals surface area contributed by atoms with E-state index in [1.807, 2.05) is 42.5 Å². The SMILES string of the molecule is COCCNC(=O)COC(=O)c1c2c(nc3ccccc13)/C(=C\c1ccco1)CCC2. The topological polar surface area (TPSA) is 90.7 Å². The van der Waals surface area contributed by atoms with Crippen LogP contribution in [-0.4, -0.2) is 43.7 Å². The molecule has 7 heteroatoms. The third-order valence-electron chi connectivity index (χ3n) is 5.20. The Labute approximate surface area is 180 Å². The smallest absolute Gasteiger partial charge is 0.339 e. The maximum absolute atomic E-state index is 13.1. The van der Waals surface area contributed by atoms with E-state index in [-0.39, 0.29) is 12.5 Å². The maximum atomic E-state index is 13.1. The molecule has 0 saturated carbocycles. The molecule has 160 valence electrons. The number of rotatable bonds is 7. The summed E-state index contributed by atoms with van der Waals surface area (Å²) in [5.41, 5.74) is 3.86. The van der Waals surface area contributed by atoms with Gasteiger partial charge in [-0.1, -0.05) is 18.2 Å². The lowest BCUT2D eigenvalue weighted by Gasteiger charge is -2.22. The van der Waals surface area contributed by atoms with Gasteiger partial charge >= 0.3 is 5.97 Å². The highest BCUT2D eigenvalue weighted by atomic mass is 16.5. The van der Waals surface area contributed by atoms with Crippen molar-refractivity contribution in [1.29, 1.82) is 0 Å². The predicted molar refractivity (Wildman–Crippen MR) is 116 cm³/mol. The van der Waals surface area contributed by atoms with Gasteiger partial charge in [0.1, 0.15) is 5.76 Å². The van der Waals surface area contributed by atoms with E-state index >= 15 is 0 Å². The van der Waals surface area contributed by atoms with Gasteiger partial charge in [-0.05, 0) is 54.7 Å². The largest absolute Gasteiger partial charge is 0.465 e. The normalized spacial score (nSPS) is 14.4. The minimum Gasteiger partial charge on any atom is -0.465 e. The fourth-order valence-electron chi connectivity index (χ4n) is 3.80. The van der Waals surface area contributed by atoms with Crippen LogP contribution in [0.5, 0.6) is 0 Å². The Balaban J connectivity index is 1.68. The van der Waals surface area contributed by atoms with Gasteiger partial charge in [-0.3, -0.25) is 4.79 Å². The standard InChI is InChI=1S/C24H24N2O5/c1-29-13-11-25-21(27)15-31-24(28)22-18-8-2-3-10-20(18)26-23-16(6-4-9-19(22)23)14-17-7-5-12-30-17/h2-3,5,7-8,10,12,14H,4,6,9,11,13,15H2,1H3,(H,25,27)/b16-14-. The number of pyridine rings is 1. The number of amides is 1. The summed E-state index contributed by atoms with van der Waals surface area (Å²) in [5, 5.41) is 3.38. The Morgan fingerprint density at radius 1 is 1.19 bits per heavy atom. The zero-order valence-electron chi connectivity index (χ0n) is 17.3. The number of benzene rings is 1. The quantitative estimate of drug-likeness (QED) is 0.464. The molecule has 2 heterocycles. The third-order valence-corrected chi connectivity index (χ3v) is 5.20. The number of esters is 1. The van der Waals surface area contributed by atoms with Crippen LogP contribution < -0.4 is 5.32 Å². The van der Waals surface area contributed by atoms with Crippen molar-refractivity contribution in [2.45, 2.75) is 19.3 Å². The molecule has 31 heavy (non-hydrogen) atoms. The first kappa shape index (κ1) is 20.8. The summed E-state index contributed by atoms with van der Waals surface area (Å²) in [7, 11) is 1.55. The van der Waals surface area contributed by atoms with Crippen LogP contribution in [0.1, 0.15) is 40.2 Å². The predicted octanol–water partition coefficient (Wildman–Crippen LogP) is 3.62. The Hall–Kier alpha value is -3.45. The first-order valence-electron chi connectivity index (χ1n) is 10.3. The highest BCUT2D eigenvalue weighted by molar-refractivity contribution is 6.07. The molecule has 0 atom stereocenters. The Morgan fingerprint density at radius 2 is 2.06 bits per heavy atom.